The number of carbonyl (C=O) groups excluding carboxylic acids is 1. The lowest BCUT2D eigenvalue weighted by atomic mass is 10.1. The van der Waals surface area contributed by atoms with Gasteiger partial charge in [0.1, 0.15) is 5.88 Å². The topological polar surface area (TPSA) is 38.3 Å². The van der Waals surface area contributed by atoms with Gasteiger partial charge in [-0.15, -0.1) is 11.6 Å². The molecule has 0 atom stereocenters. The largest absolute Gasteiger partial charge is 0.372 e. The molecule has 0 aliphatic heterocycles. The van der Waals surface area contributed by atoms with Gasteiger partial charge in [-0.1, -0.05) is 54.6 Å². The van der Waals surface area contributed by atoms with Crippen molar-refractivity contribution < 1.29 is 9.53 Å². The Bertz CT molecular complexity index is 572. The predicted octanol–water partition coefficient (Wildman–Crippen LogP) is 3.26. The molecule has 0 saturated heterocycles. The van der Waals surface area contributed by atoms with Gasteiger partial charge >= 0.3 is 0 Å². The smallest absolute Gasteiger partial charge is 0.235 e. The summed E-state index contributed by atoms with van der Waals surface area (Å²) in [4.78, 5) is 11.2. The van der Waals surface area contributed by atoms with Crippen LogP contribution in [-0.2, 0) is 29.3 Å². The average Bonchev–Trinajstić information content (AvgIpc) is 2.54. The number of hydrogen-bond acceptors (Lipinski definition) is 2. The molecule has 2 aromatic carbocycles. The highest BCUT2D eigenvalue weighted by Gasteiger charge is 2.04. The number of rotatable bonds is 7. The van der Waals surface area contributed by atoms with E-state index in [1.54, 1.807) is 0 Å². The minimum Gasteiger partial charge on any atom is -0.372 e. The van der Waals surface area contributed by atoms with Gasteiger partial charge in [0.05, 0.1) is 13.2 Å². The second-order valence-corrected chi connectivity index (χ2v) is 4.92. The Morgan fingerprint density at radius 2 is 1.62 bits per heavy atom. The van der Waals surface area contributed by atoms with E-state index in [9.17, 15) is 4.79 Å². The Hall–Kier alpha value is -1.84. The molecule has 0 aliphatic carbocycles. The van der Waals surface area contributed by atoms with E-state index in [0.717, 1.165) is 16.7 Å². The summed E-state index contributed by atoms with van der Waals surface area (Å²) in [5, 5.41) is 2.77. The molecule has 0 unspecified atom stereocenters. The van der Waals surface area contributed by atoms with Crippen molar-refractivity contribution >= 4 is 17.5 Å². The minimum atomic E-state index is -0.170. The van der Waals surface area contributed by atoms with Crippen molar-refractivity contribution in [1.82, 2.24) is 5.32 Å². The fourth-order valence-corrected chi connectivity index (χ4v) is 2.06. The van der Waals surface area contributed by atoms with Gasteiger partial charge in [-0.25, -0.2) is 0 Å². The van der Waals surface area contributed by atoms with E-state index in [4.69, 9.17) is 16.3 Å². The van der Waals surface area contributed by atoms with Crippen molar-refractivity contribution in [2.24, 2.45) is 0 Å². The van der Waals surface area contributed by atoms with Crippen LogP contribution in [0.2, 0.25) is 0 Å². The molecule has 2 aromatic rings. The summed E-state index contributed by atoms with van der Waals surface area (Å²) in [5.74, 6) is -0.191. The van der Waals surface area contributed by atoms with Crippen LogP contribution in [0.4, 0.5) is 0 Å². The number of benzene rings is 2. The Morgan fingerprint density at radius 3 is 2.33 bits per heavy atom. The first-order valence-electron chi connectivity index (χ1n) is 6.80. The number of carbonyl (C=O) groups is 1. The third-order valence-corrected chi connectivity index (χ3v) is 3.33. The van der Waals surface area contributed by atoms with Crippen LogP contribution < -0.4 is 5.32 Å². The Morgan fingerprint density at radius 1 is 0.952 bits per heavy atom. The monoisotopic (exact) mass is 303 g/mol. The van der Waals surface area contributed by atoms with Gasteiger partial charge in [0.25, 0.3) is 0 Å². The fourth-order valence-electron chi connectivity index (χ4n) is 1.96. The highest BCUT2D eigenvalue weighted by atomic mass is 35.5. The third kappa shape index (κ3) is 5.21. The summed E-state index contributed by atoms with van der Waals surface area (Å²) in [6, 6.07) is 17.9. The van der Waals surface area contributed by atoms with Crippen LogP contribution in [0.3, 0.4) is 0 Å². The zero-order valence-electron chi connectivity index (χ0n) is 11.7. The summed E-state index contributed by atoms with van der Waals surface area (Å²) in [5.41, 5.74) is 3.26. The van der Waals surface area contributed by atoms with Gasteiger partial charge in [-0.2, -0.15) is 0 Å². The maximum atomic E-state index is 11.2. The molecule has 0 spiro atoms. The molecule has 2 rings (SSSR count). The van der Waals surface area contributed by atoms with Crippen LogP contribution in [0.15, 0.2) is 54.6 Å². The predicted molar refractivity (Wildman–Crippen MR) is 83.9 cm³/mol. The number of amides is 1. The summed E-state index contributed by atoms with van der Waals surface area (Å²) in [7, 11) is 0. The number of nitrogens with one attached hydrogen (secondary N) is 1. The average molecular weight is 304 g/mol. The number of halogens is 1. The van der Waals surface area contributed by atoms with Gasteiger partial charge in [0.2, 0.25) is 5.91 Å². The molecule has 0 heterocycles. The number of ether oxygens (including phenoxy) is 1. The van der Waals surface area contributed by atoms with Crippen LogP contribution in [0.25, 0.3) is 0 Å². The maximum absolute atomic E-state index is 11.2. The lowest BCUT2D eigenvalue weighted by Gasteiger charge is -2.11. The molecule has 0 aromatic heterocycles. The molecule has 0 fully saturated rings. The molecule has 1 N–H and O–H groups in total. The van der Waals surface area contributed by atoms with E-state index in [-0.39, 0.29) is 11.8 Å². The normalized spacial score (nSPS) is 10.3. The third-order valence-electron chi connectivity index (χ3n) is 3.08. The molecule has 3 nitrogen and oxygen atoms in total. The summed E-state index contributed by atoms with van der Waals surface area (Å²) < 4.78 is 5.74. The first-order valence-corrected chi connectivity index (χ1v) is 7.34. The zero-order chi connectivity index (χ0) is 14.9. The van der Waals surface area contributed by atoms with E-state index in [1.807, 2.05) is 54.6 Å². The lowest BCUT2D eigenvalue weighted by molar-refractivity contribution is -0.118. The SMILES string of the molecule is O=C(CCl)NCc1ccccc1COCc1ccccc1. The standard InChI is InChI=1S/C17H18ClNO2/c18-10-17(20)19-11-15-8-4-5-9-16(15)13-21-12-14-6-2-1-3-7-14/h1-9H,10-13H2,(H,19,20). The Labute approximate surface area is 129 Å². The van der Waals surface area contributed by atoms with Gasteiger partial charge in [-0.05, 0) is 16.7 Å². The summed E-state index contributed by atoms with van der Waals surface area (Å²) >= 11 is 5.47. The van der Waals surface area contributed by atoms with Gasteiger partial charge in [0.15, 0.2) is 0 Å². The minimum absolute atomic E-state index is 0.0212. The number of alkyl halides is 1. The van der Waals surface area contributed by atoms with Crippen molar-refractivity contribution in [1.29, 1.82) is 0 Å². The second-order valence-electron chi connectivity index (χ2n) is 4.66. The molecule has 4 heteroatoms. The highest BCUT2D eigenvalue weighted by molar-refractivity contribution is 6.27. The molecular formula is C17H18ClNO2. The molecule has 110 valence electrons. The van der Waals surface area contributed by atoms with E-state index in [2.05, 4.69) is 5.32 Å². The lowest BCUT2D eigenvalue weighted by Crippen LogP contribution is -2.24. The zero-order valence-corrected chi connectivity index (χ0v) is 12.5. The van der Waals surface area contributed by atoms with Gasteiger partial charge in [-0.3, -0.25) is 4.79 Å². The van der Waals surface area contributed by atoms with E-state index >= 15 is 0 Å². The number of hydrogen-bond donors (Lipinski definition) is 1. The van der Waals surface area contributed by atoms with Crippen LogP contribution in [0, 0.1) is 0 Å². The summed E-state index contributed by atoms with van der Waals surface area (Å²) in [6.07, 6.45) is 0. The van der Waals surface area contributed by atoms with Crippen LogP contribution in [0.1, 0.15) is 16.7 Å². The van der Waals surface area contributed by atoms with Gasteiger partial charge in [0, 0.05) is 6.54 Å². The first kappa shape index (κ1) is 15.5. The fraction of sp³-hybridized carbons (Fsp3) is 0.235. The molecule has 0 aliphatic rings. The van der Waals surface area contributed by atoms with Gasteiger partial charge < -0.3 is 10.1 Å². The molecule has 0 bridgehead atoms. The maximum Gasteiger partial charge on any atom is 0.235 e. The van der Waals surface area contributed by atoms with Crippen molar-refractivity contribution in [3.05, 3.63) is 71.3 Å². The van der Waals surface area contributed by atoms with Crippen molar-refractivity contribution in [2.45, 2.75) is 19.8 Å². The molecule has 0 saturated carbocycles. The molecule has 0 radical (unpaired) electrons. The van der Waals surface area contributed by atoms with E-state index in [0.29, 0.717) is 19.8 Å². The highest BCUT2D eigenvalue weighted by Crippen LogP contribution is 2.11. The van der Waals surface area contributed by atoms with Crippen molar-refractivity contribution in [3.8, 4) is 0 Å². The van der Waals surface area contributed by atoms with Crippen molar-refractivity contribution in [2.75, 3.05) is 5.88 Å². The van der Waals surface area contributed by atoms with Crippen LogP contribution in [-0.4, -0.2) is 11.8 Å². The molecule has 21 heavy (non-hydrogen) atoms. The second kappa shape index (κ2) is 8.45. The molecular weight excluding hydrogens is 286 g/mol. The van der Waals surface area contributed by atoms with Crippen LogP contribution >= 0.6 is 11.6 Å². The van der Waals surface area contributed by atoms with Crippen LogP contribution in [0.5, 0.6) is 0 Å². The first-order chi connectivity index (χ1) is 10.3. The Kier molecular flexibility index (Phi) is 6.25. The molecule has 1 amide bonds. The van der Waals surface area contributed by atoms with E-state index < -0.39 is 0 Å². The van der Waals surface area contributed by atoms with E-state index in [1.165, 1.54) is 0 Å². The Balaban J connectivity index is 1.89. The quantitative estimate of drug-likeness (QED) is 0.797. The van der Waals surface area contributed by atoms with Crippen molar-refractivity contribution in [3.63, 3.8) is 0 Å². The summed E-state index contributed by atoms with van der Waals surface area (Å²) in [6.45, 7) is 1.56.